The lowest BCUT2D eigenvalue weighted by Crippen LogP contribution is -2.45. The molecule has 0 aromatic heterocycles. The van der Waals surface area contributed by atoms with Crippen LogP contribution in [-0.4, -0.2) is 34.0 Å². The van der Waals surface area contributed by atoms with Crippen LogP contribution in [0.5, 0.6) is 0 Å². The molecule has 1 saturated carbocycles. The number of carbonyl (C=O) groups excluding carboxylic acids is 1. The zero-order valence-corrected chi connectivity index (χ0v) is 12.3. The number of carboxylic acid groups (broad SMARTS) is 1. The van der Waals surface area contributed by atoms with Gasteiger partial charge in [-0.25, -0.2) is 4.79 Å². The maximum absolute atomic E-state index is 12.5. The van der Waals surface area contributed by atoms with Crippen LogP contribution in [0.1, 0.15) is 42.9 Å². The number of hydrogen-bond donors (Lipinski definition) is 1. The van der Waals surface area contributed by atoms with Gasteiger partial charge in [0.05, 0.1) is 6.42 Å². The summed E-state index contributed by atoms with van der Waals surface area (Å²) in [5.41, 5.74) is 3.75. The van der Waals surface area contributed by atoms with Gasteiger partial charge < -0.3 is 10.0 Å². The number of aryl methyl sites for hydroxylation is 2. The molecular formula is C17H21NO3. The van der Waals surface area contributed by atoms with Crippen LogP contribution in [0.25, 0.3) is 0 Å². The van der Waals surface area contributed by atoms with Gasteiger partial charge in [0.15, 0.2) is 0 Å². The fraction of sp³-hybridized carbons (Fsp3) is 0.529. The van der Waals surface area contributed by atoms with Gasteiger partial charge in [-0.1, -0.05) is 18.2 Å². The van der Waals surface area contributed by atoms with Crippen LogP contribution in [0.15, 0.2) is 18.2 Å². The Kier molecular flexibility index (Phi) is 3.70. The lowest BCUT2D eigenvalue weighted by molar-refractivity contribution is -0.149. The van der Waals surface area contributed by atoms with Gasteiger partial charge in [0, 0.05) is 6.04 Å². The van der Waals surface area contributed by atoms with Gasteiger partial charge in [0.1, 0.15) is 6.04 Å². The lowest BCUT2D eigenvalue weighted by atomic mass is 10.0. The highest BCUT2D eigenvalue weighted by Crippen LogP contribution is 2.30. The Morgan fingerprint density at radius 1 is 1.29 bits per heavy atom. The molecule has 1 atom stereocenters. The van der Waals surface area contributed by atoms with E-state index in [1.165, 1.54) is 17.5 Å². The molecule has 21 heavy (non-hydrogen) atoms. The molecule has 0 spiro atoms. The van der Waals surface area contributed by atoms with E-state index >= 15 is 0 Å². The minimum absolute atomic E-state index is 0.0645. The number of amides is 1. The number of hydrogen-bond acceptors (Lipinski definition) is 2. The molecule has 1 unspecified atom stereocenters. The summed E-state index contributed by atoms with van der Waals surface area (Å²) < 4.78 is 0. The van der Waals surface area contributed by atoms with Crippen LogP contribution in [0.2, 0.25) is 0 Å². The average Bonchev–Trinajstić information content (AvgIpc) is 3.15. The maximum atomic E-state index is 12.5. The van der Waals surface area contributed by atoms with Gasteiger partial charge in [-0.3, -0.25) is 4.79 Å². The standard InChI is InChI=1S/C17H21NO3/c1-11(17(20)21)18(15-7-8-15)16(19)10-12-5-6-13-3-2-4-14(13)9-12/h5-6,9,11,15H,2-4,7-8,10H2,1H3,(H,20,21). The van der Waals surface area contributed by atoms with Crippen LogP contribution in [0.4, 0.5) is 0 Å². The lowest BCUT2D eigenvalue weighted by Gasteiger charge is -2.26. The summed E-state index contributed by atoms with van der Waals surface area (Å²) in [5.74, 6) is -0.991. The van der Waals surface area contributed by atoms with Crippen molar-refractivity contribution in [3.05, 3.63) is 34.9 Å². The van der Waals surface area contributed by atoms with Crippen LogP contribution < -0.4 is 0 Å². The topological polar surface area (TPSA) is 57.6 Å². The molecule has 0 heterocycles. The number of carboxylic acids is 1. The van der Waals surface area contributed by atoms with Crippen molar-refractivity contribution < 1.29 is 14.7 Å². The SMILES string of the molecule is CC(C(=O)O)N(C(=O)Cc1ccc2c(c1)CCC2)C1CC1. The highest BCUT2D eigenvalue weighted by molar-refractivity contribution is 5.85. The van der Waals surface area contributed by atoms with Crippen molar-refractivity contribution in [3.8, 4) is 0 Å². The molecule has 1 amide bonds. The number of benzene rings is 1. The maximum Gasteiger partial charge on any atom is 0.326 e. The average molecular weight is 287 g/mol. The largest absolute Gasteiger partial charge is 0.480 e. The Morgan fingerprint density at radius 3 is 2.67 bits per heavy atom. The molecule has 0 saturated heterocycles. The number of aliphatic carboxylic acids is 1. The van der Waals surface area contributed by atoms with Crippen LogP contribution in [0, 0.1) is 0 Å². The summed E-state index contributed by atoms with van der Waals surface area (Å²) in [5, 5.41) is 9.18. The van der Waals surface area contributed by atoms with Gasteiger partial charge in [-0.15, -0.1) is 0 Å². The third-order valence-corrected chi connectivity index (χ3v) is 4.52. The first-order chi connectivity index (χ1) is 10.1. The quantitative estimate of drug-likeness (QED) is 0.903. The Labute approximate surface area is 124 Å². The van der Waals surface area contributed by atoms with Crippen molar-refractivity contribution in [3.63, 3.8) is 0 Å². The first kappa shape index (κ1) is 14.1. The first-order valence-corrected chi connectivity index (χ1v) is 7.71. The number of fused-ring (bicyclic) bond motifs is 1. The zero-order chi connectivity index (χ0) is 15.0. The molecule has 0 bridgehead atoms. The van der Waals surface area contributed by atoms with Crippen molar-refractivity contribution >= 4 is 11.9 Å². The third-order valence-electron chi connectivity index (χ3n) is 4.52. The number of rotatable bonds is 5. The van der Waals surface area contributed by atoms with Crippen molar-refractivity contribution in [1.29, 1.82) is 0 Å². The minimum Gasteiger partial charge on any atom is -0.480 e. The molecule has 2 aliphatic rings. The van der Waals surface area contributed by atoms with Crippen molar-refractivity contribution in [1.82, 2.24) is 4.90 Å². The van der Waals surface area contributed by atoms with E-state index < -0.39 is 12.0 Å². The van der Waals surface area contributed by atoms with Gasteiger partial charge in [-0.05, 0) is 55.7 Å². The van der Waals surface area contributed by atoms with Crippen molar-refractivity contribution in [2.45, 2.75) is 57.5 Å². The summed E-state index contributed by atoms with van der Waals surface area (Å²) in [6.45, 7) is 1.60. The second kappa shape index (κ2) is 5.51. The van der Waals surface area contributed by atoms with Crippen LogP contribution in [-0.2, 0) is 28.9 Å². The van der Waals surface area contributed by atoms with Gasteiger partial charge in [0.25, 0.3) is 0 Å². The van der Waals surface area contributed by atoms with E-state index in [0.717, 1.165) is 31.2 Å². The van der Waals surface area contributed by atoms with E-state index in [2.05, 4.69) is 12.1 Å². The molecular weight excluding hydrogens is 266 g/mol. The fourth-order valence-corrected chi connectivity index (χ4v) is 3.21. The predicted octanol–water partition coefficient (Wildman–Crippen LogP) is 2.18. The monoisotopic (exact) mass is 287 g/mol. The smallest absolute Gasteiger partial charge is 0.326 e. The van der Waals surface area contributed by atoms with Crippen LogP contribution in [0.3, 0.4) is 0 Å². The highest BCUT2D eigenvalue weighted by atomic mass is 16.4. The highest BCUT2D eigenvalue weighted by Gasteiger charge is 2.38. The number of carbonyl (C=O) groups is 2. The fourth-order valence-electron chi connectivity index (χ4n) is 3.21. The summed E-state index contributed by atoms with van der Waals surface area (Å²) in [6, 6.07) is 5.64. The van der Waals surface area contributed by atoms with Gasteiger partial charge >= 0.3 is 5.97 Å². The molecule has 4 heteroatoms. The van der Waals surface area contributed by atoms with E-state index in [4.69, 9.17) is 0 Å². The van der Waals surface area contributed by atoms with Crippen molar-refractivity contribution in [2.24, 2.45) is 0 Å². The van der Waals surface area contributed by atoms with E-state index in [1.807, 2.05) is 6.07 Å². The molecule has 1 fully saturated rings. The van der Waals surface area contributed by atoms with E-state index in [-0.39, 0.29) is 11.9 Å². The Balaban J connectivity index is 1.73. The summed E-state index contributed by atoms with van der Waals surface area (Å²) in [7, 11) is 0. The summed E-state index contributed by atoms with van der Waals surface area (Å²) >= 11 is 0. The Hall–Kier alpha value is -1.84. The molecule has 3 rings (SSSR count). The normalized spacial score (nSPS) is 18.1. The van der Waals surface area contributed by atoms with Gasteiger partial charge in [0.2, 0.25) is 5.91 Å². The summed E-state index contributed by atoms with van der Waals surface area (Å²) in [4.78, 5) is 25.3. The van der Waals surface area contributed by atoms with E-state index in [1.54, 1.807) is 11.8 Å². The van der Waals surface area contributed by atoms with Gasteiger partial charge in [-0.2, -0.15) is 0 Å². The van der Waals surface area contributed by atoms with Crippen molar-refractivity contribution in [2.75, 3.05) is 0 Å². The van der Waals surface area contributed by atoms with Crippen LogP contribution >= 0.6 is 0 Å². The molecule has 0 aliphatic heterocycles. The second-order valence-electron chi connectivity index (χ2n) is 6.18. The molecule has 1 aromatic rings. The molecule has 1 aromatic carbocycles. The zero-order valence-electron chi connectivity index (χ0n) is 12.3. The predicted molar refractivity (Wildman–Crippen MR) is 79.1 cm³/mol. The third kappa shape index (κ3) is 2.94. The molecule has 4 nitrogen and oxygen atoms in total. The number of nitrogens with zero attached hydrogens (tertiary/aromatic N) is 1. The second-order valence-corrected chi connectivity index (χ2v) is 6.18. The molecule has 0 radical (unpaired) electrons. The summed E-state index contributed by atoms with van der Waals surface area (Å²) in [6.07, 6.45) is 5.57. The Morgan fingerprint density at radius 2 is 2.00 bits per heavy atom. The first-order valence-electron chi connectivity index (χ1n) is 7.71. The minimum atomic E-state index is -0.927. The van der Waals surface area contributed by atoms with E-state index in [0.29, 0.717) is 6.42 Å². The molecule has 112 valence electrons. The Bertz CT molecular complexity index is 577. The molecule has 2 aliphatic carbocycles. The molecule has 1 N–H and O–H groups in total. The van der Waals surface area contributed by atoms with E-state index in [9.17, 15) is 14.7 Å².